The van der Waals surface area contributed by atoms with Crippen molar-refractivity contribution >= 4 is 35.8 Å². The van der Waals surface area contributed by atoms with Gasteiger partial charge in [-0.05, 0) is 12.5 Å². The summed E-state index contributed by atoms with van der Waals surface area (Å²) in [6.07, 6.45) is 4.65. The zero-order chi connectivity index (χ0) is 18.6. The Morgan fingerprint density at radius 2 is 1.96 bits per heavy atom. The van der Waals surface area contributed by atoms with Crippen molar-refractivity contribution in [1.29, 1.82) is 0 Å². The fourth-order valence-electron chi connectivity index (χ4n) is 2.50. The average molecular weight is 493 g/mol. The monoisotopic (exact) mass is 493 g/mol. The van der Waals surface area contributed by atoms with Gasteiger partial charge >= 0.3 is 0 Å². The largest absolute Gasteiger partial charge is 0.379 e. The highest BCUT2D eigenvalue weighted by molar-refractivity contribution is 14.0. The normalized spacial score (nSPS) is 15.1. The molecule has 1 fully saturated rings. The Morgan fingerprint density at radius 3 is 2.63 bits per heavy atom. The highest BCUT2D eigenvalue weighted by atomic mass is 127. The van der Waals surface area contributed by atoms with Crippen molar-refractivity contribution in [2.75, 3.05) is 66.6 Å². The Kier molecular flexibility index (Phi) is 12.0. The topological polar surface area (TPSA) is 87.0 Å². The second-order valence-electron chi connectivity index (χ2n) is 6.38. The highest BCUT2D eigenvalue weighted by Gasteiger charge is 2.10. The van der Waals surface area contributed by atoms with Gasteiger partial charge in [-0.2, -0.15) is 5.10 Å². The number of aryl methyl sites for hydroxylation is 1. The van der Waals surface area contributed by atoms with Crippen LogP contribution in [0.15, 0.2) is 23.5 Å². The molecule has 9 nitrogen and oxygen atoms in total. The van der Waals surface area contributed by atoms with Crippen molar-refractivity contribution in [3.63, 3.8) is 0 Å². The molecule has 1 aliphatic rings. The SMILES string of the molecule is CN(C)C(=O)CN=C(NCCCn1cccn1)NCCN1CCOCC1.I. The number of rotatable bonds is 9. The number of aromatic nitrogens is 2. The quantitative estimate of drug-likeness (QED) is 0.215. The molecule has 2 N–H and O–H groups in total. The number of hydrogen-bond donors (Lipinski definition) is 2. The van der Waals surface area contributed by atoms with E-state index >= 15 is 0 Å². The first kappa shape index (κ1) is 23.6. The third-order valence-electron chi connectivity index (χ3n) is 4.11. The van der Waals surface area contributed by atoms with Gasteiger partial charge < -0.3 is 20.3 Å². The van der Waals surface area contributed by atoms with Gasteiger partial charge in [0.2, 0.25) is 5.91 Å². The first-order valence-corrected chi connectivity index (χ1v) is 9.15. The number of amides is 1. The van der Waals surface area contributed by atoms with E-state index in [1.165, 1.54) is 0 Å². The van der Waals surface area contributed by atoms with E-state index in [2.05, 4.69) is 25.6 Å². The Labute approximate surface area is 178 Å². The highest BCUT2D eigenvalue weighted by Crippen LogP contribution is 1.95. The van der Waals surface area contributed by atoms with Gasteiger partial charge in [0.25, 0.3) is 0 Å². The van der Waals surface area contributed by atoms with Crippen molar-refractivity contribution in [2.24, 2.45) is 4.99 Å². The summed E-state index contributed by atoms with van der Waals surface area (Å²) in [6.45, 7) is 6.97. The molecule has 0 aliphatic carbocycles. The molecule has 0 unspecified atom stereocenters. The van der Waals surface area contributed by atoms with Gasteiger partial charge in [0.05, 0.1) is 13.2 Å². The van der Waals surface area contributed by atoms with Crippen LogP contribution in [0.25, 0.3) is 0 Å². The molecule has 2 rings (SSSR count). The summed E-state index contributed by atoms with van der Waals surface area (Å²) >= 11 is 0. The maximum Gasteiger partial charge on any atom is 0.243 e. The molecule has 2 heterocycles. The van der Waals surface area contributed by atoms with Crippen LogP contribution in [0.5, 0.6) is 0 Å². The van der Waals surface area contributed by atoms with E-state index in [1.54, 1.807) is 25.2 Å². The summed E-state index contributed by atoms with van der Waals surface area (Å²) in [5.41, 5.74) is 0. The second-order valence-corrected chi connectivity index (χ2v) is 6.38. The average Bonchev–Trinajstić information content (AvgIpc) is 3.16. The molecule has 0 atom stereocenters. The van der Waals surface area contributed by atoms with Crippen LogP contribution in [0.2, 0.25) is 0 Å². The number of carbonyl (C=O) groups is 1. The van der Waals surface area contributed by atoms with Crippen LogP contribution in [-0.4, -0.2) is 98.0 Å². The van der Waals surface area contributed by atoms with Gasteiger partial charge in [-0.1, -0.05) is 0 Å². The number of nitrogens with zero attached hydrogens (tertiary/aromatic N) is 5. The zero-order valence-electron chi connectivity index (χ0n) is 16.3. The molecular weight excluding hydrogens is 461 g/mol. The van der Waals surface area contributed by atoms with Crippen LogP contribution in [-0.2, 0) is 16.1 Å². The predicted molar refractivity (Wildman–Crippen MR) is 117 cm³/mol. The smallest absolute Gasteiger partial charge is 0.243 e. The fraction of sp³-hybridized carbons (Fsp3) is 0.706. The minimum Gasteiger partial charge on any atom is -0.379 e. The maximum atomic E-state index is 11.8. The number of morpholine rings is 1. The van der Waals surface area contributed by atoms with E-state index in [9.17, 15) is 4.79 Å². The number of halogens is 1. The molecule has 10 heteroatoms. The van der Waals surface area contributed by atoms with E-state index in [0.717, 1.165) is 58.9 Å². The summed E-state index contributed by atoms with van der Waals surface area (Å²) in [5.74, 6) is 0.657. The number of guanidine groups is 1. The first-order valence-electron chi connectivity index (χ1n) is 9.15. The summed E-state index contributed by atoms with van der Waals surface area (Å²) in [7, 11) is 3.47. The van der Waals surface area contributed by atoms with Crippen molar-refractivity contribution in [3.05, 3.63) is 18.5 Å². The number of nitrogens with one attached hydrogen (secondary N) is 2. The molecule has 0 aromatic carbocycles. The number of aliphatic imine (C=N–C) groups is 1. The molecule has 1 aromatic heterocycles. The molecular formula is C17H32IN7O2. The van der Waals surface area contributed by atoms with E-state index in [0.29, 0.717) is 5.96 Å². The summed E-state index contributed by atoms with van der Waals surface area (Å²) in [6, 6.07) is 1.92. The summed E-state index contributed by atoms with van der Waals surface area (Å²) in [5, 5.41) is 10.8. The molecule has 0 radical (unpaired) electrons. The molecule has 0 saturated carbocycles. The van der Waals surface area contributed by atoms with E-state index in [-0.39, 0.29) is 36.4 Å². The van der Waals surface area contributed by atoms with Crippen molar-refractivity contribution < 1.29 is 9.53 Å². The molecule has 1 amide bonds. The van der Waals surface area contributed by atoms with E-state index in [4.69, 9.17) is 4.74 Å². The molecule has 0 spiro atoms. The lowest BCUT2D eigenvalue weighted by Gasteiger charge is -2.26. The van der Waals surface area contributed by atoms with Gasteiger partial charge in [0.1, 0.15) is 6.54 Å². The van der Waals surface area contributed by atoms with E-state index < -0.39 is 0 Å². The summed E-state index contributed by atoms with van der Waals surface area (Å²) in [4.78, 5) is 20.1. The third-order valence-corrected chi connectivity index (χ3v) is 4.11. The van der Waals surface area contributed by atoms with Crippen molar-refractivity contribution in [2.45, 2.75) is 13.0 Å². The van der Waals surface area contributed by atoms with Gasteiger partial charge in [0.15, 0.2) is 5.96 Å². The first-order chi connectivity index (χ1) is 12.6. The summed E-state index contributed by atoms with van der Waals surface area (Å²) < 4.78 is 7.27. The maximum absolute atomic E-state index is 11.8. The van der Waals surface area contributed by atoms with Crippen LogP contribution >= 0.6 is 24.0 Å². The Balaban J connectivity index is 0.00000364. The molecule has 154 valence electrons. The van der Waals surface area contributed by atoms with Crippen LogP contribution < -0.4 is 10.6 Å². The third kappa shape index (κ3) is 9.91. The van der Waals surface area contributed by atoms with Crippen LogP contribution in [0, 0.1) is 0 Å². The van der Waals surface area contributed by atoms with Crippen LogP contribution in [0.3, 0.4) is 0 Å². The molecule has 1 aliphatic heterocycles. The lowest BCUT2D eigenvalue weighted by Crippen LogP contribution is -2.45. The Hall–Kier alpha value is -1.40. The number of likely N-dealkylation sites (N-methyl/N-ethyl adjacent to an activating group) is 1. The van der Waals surface area contributed by atoms with Gasteiger partial charge in [-0.15, -0.1) is 24.0 Å². The second kappa shape index (κ2) is 13.7. The van der Waals surface area contributed by atoms with Gasteiger partial charge in [-0.25, -0.2) is 4.99 Å². The Bertz CT molecular complexity index is 545. The zero-order valence-corrected chi connectivity index (χ0v) is 18.6. The molecule has 0 bridgehead atoms. The number of hydrogen-bond acceptors (Lipinski definition) is 5. The molecule has 1 saturated heterocycles. The van der Waals surface area contributed by atoms with Gasteiger partial charge in [0, 0.05) is 65.8 Å². The number of ether oxygens (including phenoxy) is 1. The standard InChI is InChI=1S/C17H31N7O2.HI/c1-22(2)16(25)15-20-17(18-5-3-8-24-9-4-6-21-24)19-7-10-23-11-13-26-14-12-23;/h4,6,9H,3,5,7-8,10-15H2,1-2H3,(H2,18,19,20);1H. The fourth-order valence-corrected chi connectivity index (χ4v) is 2.50. The van der Waals surface area contributed by atoms with Crippen molar-refractivity contribution in [3.8, 4) is 0 Å². The number of carbonyl (C=O) groups excluding carboxylic acids is 1. The lowest BCUT2D eigenvalue weighted by molar-refractivity contribution is -0.127. The lowest BCUT2D eigenvalue weighted by atomic mass is 10.4. The van der Waals surface area contributed by atoms with Crippen LogP contribution in [0.1, 0.15) is 6.42 Å². The predicted octanol–water partition coefficient (Wildman–Crippen LogP) is -0.153. The molecule has 27 heavy (non-hydrogen) atoms. The van der Waals surface area contributed by atoms with Gasteiger partial charge in [-0.3, -0.25) is 14.4 Å². The minimum absolute atomic E-state index is 0. The molecule has 1 aromatic rings. The van der Waals surface area contributed by atoms with Crippen LogP contribution in [0.4, 0.5) is 0 Å². The van der Waals surface area contributed by atoms with E-state index in [1.807, 2.05) is 16.9 Å². The minimum atomic E-state index is -0.0178. The Morgan fingerprint density at radius 1 is 1.22 bits per heavy atom. The van der Waals surface area contributed by atoms with Crippen molar-refractivity contribution in [1.82, 2.24) is 30.2 Å².